The van der Waals surface area contributed by atoms with E-state index in [1.165, 1.54) is 0 Å². The van der Waals surface area contributed by atoms with Crippen LogP contribution in [0.5, 0.6) is 0 Å². The van der Waals surface area contributed by atoms with Gasteiger partial charge in [0.05, 0.1) is 0 Å². The lowest BCUT2D eigenvalue weighted by molar-refractivity contribution is -0.133. The molecule has 1 aromatic rings. The van der Waals surface area contributed by atoms with E-state index < -0.39 is 17.2 Å². The molecule has 4 N–H and O–H groups in total. The molecular weight excluding hydrogens is 216 g/mol. The van der Waals surface area contributed by atoms with Gasteiger partial charge in [-0.1, -0.05) is 31.2 Å². The fraction of sp³-hybridized carbons (Fsp3) is 0.385. The van der Waals surface area contributed by atoms with Crippen molar-refractivity contribution in [3.8, 4) is 0 Å². The van der Waals surface area contributed by atoms with Crippen LogP contribution in [-0.2, 0) is 16.0 Å². The summed E-state index contributed by atoms with van der Waals surface area (Å²) in [5.74, 6) is -1.37. The number of aryl methyl sites for hydroxylation is 1. The zero-order valence-electron chi connectivity index (χ0n) is 9.77. The van der Waals surface area contributed by atoms with Crippen molar-refractivity contribution in [3.63, 3.8) is 0 Å². The molecule has 0 radical (unpaired) electrons. The summed E-state index contributed by atoms with van der Waals surface area (Å²) in [4.78, 5) is 22.9. The van der Waals surface area contributed by atoms with Crippen LogP contribution in [-0.4, -0.2) is 11.8 Å². The number of benzene rings is 1. The molecular formula is C13H16N2O2. The zero-order chi connectivity index (χ0) is 12.6. The Kier molecular flexibility index (Phi) is 2.65. The van der Waals surface area contributed by atoms with Crippen LogP contribution < -0.4 is 11.5 Å². The number of hydrogen-bond donors (Lipinski definition) is 2. The molecule has 0 bridgehead atoms. The van der Waals surface area contributed by atoms with Crippen molar-refractivity contribution in [2.75, 3.05) is 0 Å². The molecule has 0 aliphatic heterocycles. The van der Waals surface area contributed by atoms with Gasteiger partial charge in [0.15, 0.2) is 0 Å². The van der Waals surface area contributed by atoms with Gasteiger partial charge < -0.3 is 11.5 Å². The van der Waals surface area contributed by atoms with E-state index in [2.05, 4.69) is 0 Å². The van der Waals surface area contributed by atoms with Crippen LogP contribution in [0.1, 0.15) is 30.4 Å². The Balaban J connectivity index is 2.39. The molecule has 1 atom stereocenters. The molecule has 4 nitrogen and oxygen atoms in total. The van der Waals surface area contributed by atoms with Crippen LogP contribution in [0.3, 0.4) is 0 Å². The van der Waals surface area contributed by atoms with Crippen molar-refractivity contribution in [1.29, 1.82) is 0 Å². The molecule has 90 valence electrons. The van der Waals surface area contributed by atoms with Crippen LogP contribution in [0, 0.1) is 5.41 Å². The Morgan fingerprint density at radius 3 is 2.35 bits per heavy atom. The number of carbonyl (C=O) groups is 2. The molecule has 1 fully saturated rings. The second-order valence-electron chi connectivity index (χ2n) is 4.51. The van der Waals surface area contributed by atoms with E-state index >= 15 is 0 Å². The minimum absolute atomic E-state index is 0.145. The first-order valence-corrected chi connectivity index (χ1v) is 5.71. The van der Waals surface area contributed by atoms with E-state index in [1.54, 1.807) is 0 Å². The molecule has 2 amide bonds. The SMILES string of the molecule is CCc1ccccc1C1CC1(C(N)=O)C(N)=O. The van der Waals surface area contributed by atoms with Gasteiger partial charge in [-0.25, -0.2) is 0 Å². The summed E-state index contributed by atoms with van der Waals surface area (Å²) in [5.41, 5.74) is 11.6. The minimum Gasteiger partial charge on any atom is -0.369 e. The number of rotatable bonds is 4. The fourth-order valence-electron chi connectivity index (χ4n) is 2.50. The topological polar surface area (TPSA) is 86.2 Å². The van der Waals surface area contributed by atoms with Gasteiger partial charge in [-0.3, -0.25) is 9.59 Å². The summed E-state index contributed by atoms with van der Waals surface area (Å²) >= 11 is 0. The van der Waals surface area contributed by atoms with Gasteiger partial charge in [0.1, 0.15) is 5.41 Å². The molecule has 0 saturated heterocycles. The Bertz CT molecular complexity index is 468. The molecule has 1 unspecified atom stereocenters. The summed E-state index contributed by atoms with van der Waals surface area (Å²) in [6, 6.07) is 7.79. The highest BCUT2D eigenvalue weighted by atomic mass is 16.2. The molecule has 1 aliphatic carbocycles. The standard InChI is InChI=1S/C13H16N2O2/c1-2-8-5-3-4-6-9(8)10-7-13(10,11(14)16)12(15)17/h3-6,10H,2,7H2,1H3,(H2,14,16)(H2,15,17). The van der Waals surface area contributed by atoms with Crippen LogP contribution in [0.25, 0.3) is 0 Å². The monoisotopic (exact) mass is 232 g/mol. The lowest BCUT2D eigenvalue weighted by atomic mass is 9.93. The number of primary amides is 2. The predicted molar refractivity (Wildman–Crippen MR) is 64.0 cm³/mol. The highest BCUT2D eigenvalue weighted by Gasteiger charge is 2.64. The van der Waals surface area contributed by atoms with Gasteiger partial charge in [-0.05, 0) is 24.0 Å². The van der Waals surface area contributed by atoms with Gasteiger partial charge in [-0.15, -0.1) is 0 Å². The highest BCUT2D eigenvalue weighted by molar-refractivity contribution is 6.08. The van der Waals surface area contributed by atoms with Gasteiger partial charge >= 0.3 is 0 Å². The van der Waals surface area contributed by atoms with E-state index in [0.717, 1.165) is 17.5 Å². The third-order valence-corrected chi connectivity index (χ3v) is 3.65. The summed E-state index contributed by atoms with van der Waals surface area (Å²) in [6.45, 7) is 2.04. The normalized spacial score (nSPS) is 20.9. The quantitative estimate of drug-likeness (QED) is 0.748. The summed E-state index contributed by atoms with van der Waals surface area (Å²) in [7, 11) is 0. The molecule has 17 heavy (non-hydrogen) atoms. The van der Waals surface area contributed by atoms with Crippen molar-refractivity contribution in [3.05, 3.63) is 35.4 Å². The van der Waals surface area contributed by atoms with Gasteiger partial charge in [0, 0.05) is 5.92 Å². The highest BCUT2D eigenvalue weighted by Crippen LogP contribution is 2.59. The smallest absolute Gasteiger partial charge is 0.233 e. The number of carbonyl (C=O) groups excluding carboxylic acids is 2. The van der Waals surface area contributed by atoms with E-state index in [-0.39, 0.29) is 5.92 Å². The number of nitrogens with two attached hydrogens (primary N) is 2. The van der Waals surface area contributed by atoms with Crippen LogP contribution >= 0.6 is 0 Å². The number of hydrogen-bond acceptors (Lipinski definition) is 2. The van der Waals surface area contributed by atoms with Crippen molar-refractivity contribution < 1.29 is 9.59 Å². The van der Waals surface area contributed by atoms with E-state index in [9.17, 15) is 9.59 Å². The third kappa shape index (κ3) is 1.60. The first-order chi connectivity index (χ1) is 8.04. The maximum absolute atomic E-state index is 11.4. The average molecular weight is 232 g/mol. The minimum atomic E-state index is -1.16. The second kappa shape index (κ2) is 3.87. The third-order valence-electron chi connectivity index (χ3n) is 3.65. The Morgan fingerprint density at radius 2 is 1.88 bits per heavy atom. The van der Waals surface area contributed by atoms with Gasteiger partial charge in [-0.2, -0.15) is 0 Å². The first kappa shape index (κ1) is 11.6. The van der Waals surface area contributed by atoms with Crippen LogP contribution in [0.2, 0.25) is 0 Å². The molecule has 0 spiro atoms. The molecule has 1 aromatic carbocycles. The summed E-state index contributed by atoms with van der Waals surface area (Å²) in [6.07, 6.45) is 1.30. The largest absolute Gasteiger partial charge is 0.369 e. The number of amides is 2. The molecule has 4 heteroatoms. The average Bonchev–Trinajstić information content (AvgIpc) is 3.05. The van der Waals surface area contributed by atoms with E-state index in [0.29, 0.717) is 6.42 Å². The molecule has 2 rings (SSSR count). The predicted octanol–water partition coefficient (Wildman–Crippen LogP) is 0.693. The second-order valence-corrected chi connectivity index (χ2v) is 4.51. The lowest BCUT2D eigenvalue weighted by Gasteiger charge is -2.11. The van der Waals surface area contributed by atoms with Gasteiger partial charge in [0.2, 0.25) is 11.8 Å². The molecule has 1 saturated carbocycles. The van der Waals surface area contributed by atoms with E-state index in [1.807, 2.05) is 31.2 Å². The molecule has 0 aromatic heterocycles. The lowest BCUT2D eigenvalue weighted by Crippen LogP contribution is -2.38. The van der Waals surface area contributed by atoms with Crippen LogP contribution in [0.4, 0.5) is 0 Å². The Labute approximate surface area is 100.0 Å². The summed E-state index contributed by atoms with van der Waals surface area (Å²) < 4.78 is 0. The van der Waals surface area contributed by atoms with Gasteiger partial charge in [0.25, 0.3) is 0 Å². The van der Waals surface area contributed by atoms with Crippen molar-refractivity contribution in [2.24, 2.45) is 16.9 Å². The maximum Gasteiger partial charge on any atom is 0.233 e. The Hall–Kier alpha value is -1.84. The van der Waals surface area contributed by atoms with Crippen molar-refractivity contribution in [1.82, 2.24) is 0 Å². The zero-order valence-corrected chi connectivity index (χ0v) is 9.77. The summed E-state index contributed by atoms with van der Waals surface area (Å²) in [5, 5.41) is 0. The molecule has 0 heterocycles. The van der Waals surface area contributed by atoms with E-state index in [4.69, 9.17) is 11.5 Å². The fourth-order valence-corrected chi connectivity index (χ4v) is 2.50. The first-order valence-electron chi connectivity index (χ1n) is 5.71. The van der Waals surface area contributed by atoms with Crippen molar-refractivity contribution >= 4 is 11.8 Å². The Morgan fingerprint density at radius 1 is 1.29 bits per heavy atom. The van der Waals surface area contributed by atoms with Crippen LogP contribution in [0.15, 0.2) is 24.3 Å². The van der Waals surface area contributed by atoms with Crippen molar-refractivity contribution in [2.45, 2.75) is 25.7 Å². The maximum atomic E-state index is 11.4. The molecule has 1 aliphatic rings.